The van der Waals surface area contributed by atoms with E-state index in [2.05, 4.69) is 0 Å². The molecule has 0 bridgehead atoms. The normalized spacial score (nSPS) is 22.7. The molecular formula is C11H18FNO2. The number of carbonyl (C=O) groups excluding carboxylic acids is 1. The summed E-state index contributed by atoms with van der Waals surface area (Å²) in [4.78, 5) is 13.0. The molecule has 1 aliphatic rings. The Hall–Kier alpha value is -0.900. The lowest BCUT2D eigenvalue weighted by atomic mass is 10.0. The standard InChI is InChI=1S/C11H18FNO2/c1-7(2)10(12)11(15)13-5-4-9(6-13)8(3)14/h8-9,14H,4-6H2,1-3H3. The van der Waals surface area contributed by atoms with Crippen molar-refractivity contribution < 1.29 is 14.3 Å². The van der Waals surface area contributed by atoms with Gasteiger partial charge in [-0.3, -0.25) is 4.79 Å². The van der Waals surface area contributed by atoms with Gasteiger partial charge >= 0.3 is 0 Å². The zero-order chi connectivity index (χ0) is 11.6. The third-order valence-electron chi connectivity index (χ3n) is 2.82. The number of rotatable bonds is 2. The highest BCUT2D eigenvalue weighted by Crippen LogP contribution is 2.22. The first-order valence-electron chi connectivity index (χ1n) is 5.23. The summed E-state index contributed by atoms with van der Waals surface area (Å²) in [5, 5.41) is 9.36. The molecule has 1 saturated heterocycles. The van der Waals surface area contributed by atoms with E-state index < -0.39 is 17.8 Å². The Morgan fingerprint density at radius 1 is 1.53 bits per heavy atom. The number of allylic oxidation sites excluding steroid dienone is 1. The van der Waals surface area contributed by atoms with Crippen molar-refractivity contribution in [3.63, 3.8) is 0 Å². The van der Waals surface area contributed by atoms with Crippen LogP contribution in [-0.2, 0) is 4.79 Å². The van der Waals surface area contributed by atoms with Gasteiger partial charge in [-0.1, -0.05) is 0 Å². The van der Waals surface area contributed by atoms with Crippen LogP contribution in [0.3, 0.4) is 0 Å². The van der Waals surface area contributed by atoms with Crippen LogP contribution in [-0.4, -0.2) is 35.1 Å². The molecule has 0 radical (unpaired) electrons. The molecule has 0 aliphatic carbocycles. The Balaban J connectivity index is 2.62. The molecule has 1 fully saturated rings. The second-order valence-corrected chi connectivity index (χ2v) is 4.35. The average molecular weight is 215 g/mol. The van der Waals surface area contributed by atoms with Crippen molar-refractivity contribution in [1.82, 2.24) is 4.90 Å². The summed E-state index contributed by atoms with van der Waals surface area (Å²) in [5.74, 6) is -1.13. The molecule has 1 amide bonds. The van der Waals surface area contributed by atoms with Crippen LogP contribution in [0.2, 0.25) is 0 Å². The summed E-state index contributed by atoms with van der Waals surface area (Å²) in [6, 6.07) is 0. The van der Waals surface area contributed by atoms with Crippen molar-refractivity contribution in [2.24, 2.45) is 5.92 Å². The second-order valence-electron chi connectivity index (χ2n) is 4.35. The van der Waals surface area contributed by atoms with E-state index in [4.69, 9.17) is 0 Å². The van der Waals surface area contributed by atoms with E-state index in [0.717, 1.165) is 6.42 Å². The molecule has 0 aromatic rings. The minimum absolute atomic E-state index is 0.0823. The van der Waals surface area contributed by atoms with Crippen molar-refractivity contribution in [3.8, 4) is 0 Å². The summed E-state index contributed by atoms with van der Waals surface area (Å²) in [5.41, 5.74) is 0.403. The zero-order valence-corrected chi connectivity index (χ0v) is 9.46. The first-order chi connectivity index (χ1) is 6.93. The summed E-state index contributed by atoms with van der Waals surface area (Å²) >= 11 is 0. The van der Waals surface area contributed by atoms with Gasteiger partial charge in [-0.15, -0.1) is 0 Å². The lowest BCUT2D eigenvalue weighted by molar-refractivity contribution is -0.128. The third kappa shape index (κ3) is 2.78. The molecule has 0 aromatic carbocycles. The van der Waals surface area contributed by atoms with Crippen molar-refractivity contribution >= 4 is 5.91 Å². The van der Waals surface area contributed by atoms with E-state index >= 15 is 0 Å². The molecule has 3 nitrogen and oxygen atoms in total. The first-order valence-corrected chi connectivity index (χ1v) is 5.23. The van der Waals surface area contributed by atoms with Crippen molar-refractivity contribution in [3.05, 3.63) is 11.4 Å². The molecule has 0 aromatic heterocycles. The maximum Gasteiger partial charge on any atom is 0.282 e. The van der Waals surface area contributed by atoms with E-state index in [-0.39, 0.29) is 5.92 Å². The van der Waals surface area contributed by atoms with Crippen LogP contribution in [0.1, 0.15) is 27.2 Å². The van der Waals surface area contributed by atoms with Crippen LogP contribution in [0.4, 0.5) is 4.39 Å². The van der Waals surface area contributed by atoms with Gasteiger partial charge in [-0.25, -0.2) is 4.39 Å². The highest BCUT2D eigenvalue weighted by molar-refractivity contribution is 5.92. The second kappa shape index (κ2) is 4.75. The minimum atomic E-state index is -0.666. The molecule has 2 atom stereocenters. The fourth-order valence-electron chi connectivity index (χ4n) is 1.72. The van der Waals surface area contributed by atoms with Gasteiger partial charge in [0.25, 0.3) is 5.91 Å². The van der Waals surface area contributed by atoms with Gasteiger partial charge in [0.15, 0.2) is 5.83 Å². The topological polar surface area (TPSA) is 40.5 Å². The highest BCUT2D eigenvalue weighted by Gasteiger charge is 2.30. The minimum Gasteiger partial charge on any atom is -0.393 e. The molecule has 0 saturated carbocycles. The largest absolute Gasteiger partial charge is 0.393 e. The summed E-state index contributed by atoms with van der Waals surface area (Å²) in [6.07, 6.45) is 0.317. The fourth-order valence-corrected chi connectivity index (χ4v) is 1.72. The number of hydrogen-bond acceptors (Lipinski definition) is 2. The third-order valence-corrected chi connectivity index (χ3v) is 2.82. The van der Waals surface area contributed by atoms with Crippen molar-refractivity contribution in [1.29, 1.82) is 0 Å². The number of nitrogens with zero attached hydrogens (tertiary/aromatic N) is 1. The van der Waals surface area contributed by atoms with E-state index in [1.165, 1.54) is 4.90 Å². The Bertz CT molecular complexity index is 282. The van der Waals surface area contributed by atoms with Crippen LogP contribution in [0, 0.1) is 5.92 Å². The Morgan fingerprint density at radius 2 is 2.13 bits per heavy atom. The molecule has 1 heterocycles. The van der Waals surface area contributed by atoms with Gasteiger partial charge in [0, 0.05) is 19.0 Å². The maximum atomic E-state index is 13.3. The average Bonchev–Trinajstić information content (AvgIpc) is 2.64. The predicted molar refractivity (Wildman–Crippen MR) is 55.8 cm³/mol. The Morgan fingerprint density at radius 3 is 2.53 bits per heavy atom. The highest BCUT2D eigenvalue weighted by atomic mass is 19.1. The van der Waals surface area contributed by atoms with Crippen molar-refractivity contribution in [2.45, 2.75) is 33.3 Å². The molecule has 2 unspecified atom stereocenters. The molecular weight excluding hydrogens is 197 g/mol. The van der Waals surface area contributed by atoms with E-state index in [1.807, 2.05) is 0 Å². The molecule has 15 heavy (non-hydrogen) atoms. The summed E-state index contributed by atoms with van der Waals surface area (Å²) in [6.45, 7) is 5.85. The van der Waals surface area contributed by atoms with Crippen LogP contribution >= 0.6 is 0 Å². The van der Waals surface area contributed by atoms with Gasteiger partial charge in [-0.05, 0) is 32.8 Å². The van der Waals surface area contributed by atoms with Gasteiger partial charge in [-0.2, -0.15) is 0 Å². The molecule has 1 N–H and O–H groups in total. The zero-order valence-electron chi connectivity index (χ0n) is 9.46. The van der Waals surface area contributed by atoms with Crippen LogP contribution in [0.5, 0.6) is 0 Å². The van der Waals surface area contributed by atoms with Crippen LogP contribution < -0.4 is 0 Å². The van der Waals surface area contributed by atoms with E-state index in [1.54, 1.807) is 20.8 Å². The molecule has 1 rings (SSSR count). The van der Waals surface area contributed by atoms with Gasteiger partial charge in [0.1, 0.15) is 0 Å². The monoisotopic (exact) mass is 215 g/mol. The van der Waals surface area contributed by atoms with Gasteiger partial charge in [0.05, 0.1) is 6.10 Å². The van der Waals surface area contributed by atoms with Crippen LogP contribution in [0.25, 0.3) is 0 Å². The first kappa shape index (κ1) is 12.2. The summed E-state index contributed by atoms with van der Waals surface area (Å²) in [7, 11) is 0. The molecule has 0 spiro atoms. The molecule has 86 valence electrons. The smallest absolute Gasteiger partial charge is 0.282 e. The van der Waals surface area contributed by atoms with Crippen LogP contribution in [0.15, 0.2) is 11.4 Å². The number of carbonyl (C=O) groups is 1. The lowest BCUT2D eigenvalue weighted by Crippen LogP contribution is -2.30. The van der Waals surface area contributed by atoms with E-state index in [0.29, 0.717) is 18.7 Å². The quantitative estimate of drug-likeness (QED) is 0.709. The fraction of sp³-hybridized carbons (Fsp3) is 0.727. The number of likely N-dealkylation sites (tertiary alicyclic amines) is 1. The summed E-state index contributed by atoms with van der Waals surface area (Å²) < 4.78 is 13.3. The Labute approximate surface area is 89.6 Å². The van der Waals surface area contributed by atoms with Gasteiger partial charge < -0.3 is 10.0 Å². The molecule has 4 heteroatoms. The predicted octanol–water partition coefficient (Wildman–Crippen LogP) is 1.48. The SMILES string of the molecule is CC(C)=C(F)C(=O)N1CCC(C(C)O)C1. The maximum absolute atomic E-state index is 13.3. The lowest BCUT2D eigenvalue weighted by Gasteiger charge is -2.17. The number of halogens is 1. The molecule has 1 aliphatic heterocycles. The number of aliphatic hydroxyl groups excluding tert-OH is 1. The van der Waals surface area contributed by atoms with Crippen molar-refractivity contribution in [2.75, 3.05) is 13.1 Å². The van der Waals surface area contributed by atoms with E-state index in [9.17, 15) is 14.3 Å². The number of amides is 1. The number of aliphatic hydroxyl groups is 1. The number of hydrogen-bond donors (Lipinski definition) is 1. The Kier molecular flexibility index (Phi) is 3.85. The van der Waals surface area contributed by atoms with Gasteiger partial charge in [0.2, 0.25) is 0 Å².